The van der Waals surface area contributed by atoms with Crippen LogP contribution in [0, 0.1) is 0 Å². The van der Waals surface area contributed by atoms with Gasteiger partial charge in [0, 0.05) is 26.2 Å². The molecule has 2 atom stereocenters. The SMILES string of the molecule is CCCCCCCCCCCCCCOCC(CNC(=O)[C@H](Cc1ccc(-c2ccccc2)cc1)NC(=O)OC(C)(C)C)OCCCCCCCCCCCCCC. The highest BCUT2D eigenvalue weighted by atomic mass is 16.6. The van der Waals surface area contributed by atoms with Gasteiger partial charge in [-0.05, 0) is 50.3 Å². The van der Waals surface area contributed by atoms with Crippen LogP contribution in [0.1, 0.15) is 194 Å². The molecule has 330 valence electrons. The van der Waals surface area contributed by atoms with Crippen LogP contribution >= 0.6 is 0 Å². The van der Waals surface area contributed by atoms with Gasteiger partial charge in [-0.2, -0.15) is 0 Å². The standard InChI is InChI=1S/C51H86N2O5/c1-6-8-10-12-14-16-18-20-22-24-26-31-39-56-43-47(57-40-32-27-25-23-21-19-17-15-13-11-9-7-2)42-52-49(54)48(53-50(55)58-51(3,4)5)41-44-35-37-46(38-36-44)45-33-29-28-30-34-45/h28-30,33-38,47-48H,6-27,31-32,39-43H2,1-5H3,(H,52,54)(H,53,55)/t47?,48-/m0/s1. The summed E-state index contributed by atoms with van der Waals surface area (Å²) >= 11 is 0. The first-order valence-electron chi connectivity index (χ1n) is 23.8. The predicted octanol–water partition coefficient (Wildman–Crippen LogP) is 13.7. The van der Waals surface area contributed by atoms with Crippen LogP contribution < -0.4 is 10.6 Å². The van der Waals surface area contributed by atoms with Gasteiger partial charge in [0.2, 0.25) is 5.91 Å². The van der Waals surface area contributed by atoms with Crippen molar-refractivity contribution in [3.63, 3.8) is 0 Å². The summed E-state index contributed by atoms with van der Waals surface area (Å²) in [4.78, 5) is 26.6. The van der Waals surface area contributed by atoms with E-state index in [-0.39, 0.29) is 12.0 Å². The lowest BCUT2D eigenvalue weighted by Crippen LogP contribution is -2.51. The lowest BCUT2D eigenvalue weighted by molar-refractivity contribution is -0.124. The predicted molar refractivity (Wildman–Crippen MR) is 244 cm³/mol. The molecule has 2 aromatic carbocycles. The summed E-state index contributed by atoms with van der Waals surface area (Å²) < 4.78 is 18.0. The van der Waals surface area contributed by atoms with Crippen LogP contribution in [0.5, 0.6) is 0 Å². The molecule has 0 spiro atoms. The number of carbonyl (C=O) groups is 2. The first kappa shape index (κ1) is 51.2. The van der Waals surface area contributed by atoms with Gasteiger partial charge < -0.3 is 24.8 Å². The molecule has 0 saturated heterocycles. The van der Waals surface area contributed by atoms with Gasteiger partial charge in [-0.1, -0.05) is 210 Å². The van der Waals surface area contributed by atoms with Gasteiger partial charge >= 0.3 is 6.09 Å². The highest BCUT2D eigenvalue weighted by molar-refractivity contribution is 5.86. The van der Waals surface area contributed by atoms with E-state index in [1.807, 2.05) is 51.1 Å². The lowest BCUT2D eigenvalue weighted by Gasteiger charge is -2.24. The number of unbranched alkanes of at least 4 members (excludes halogenated alkanes) is 22. The molecule has 7 heteroatoms. The molecule has 2 aromatic rings. The molecule has 7 nitrogen and oxygen atoms in total. The largest absolute Gasteiger partial charge is 0.444 e. The number of hydrogen-bond acceptors (Lipinski definition) is 5. The molecule has 2 N–H and O–H groups in total. The number of ether oxygens (including phenoxy) is 3. The minimum absolute atomic E-state index is 0.263. The molecule has 0 fully saturated rings. The molecule has 0 aromatic heterocycles. The van der Waals surface area contributed by atoms with E-state index < -0.39 is 17.7 Å². The number of rotatable bonds is 36. The Morgan fingerprint density at radius 3 is 1.50 bits per heavy atom. The molecule has 0 aliphatic rings. The van der Waals surface area contributed by atoms with Crippen LogP contribution in [-0.2, 0) is 25.4 Å². The van der Waals surface area contributed by atoms with Crippen molar-refractivity contribution in [2.75, 3.05) is 26.4 Å². The number of nitrogens with one attached hydrogen (secondary N) is 2. The van der Waals surface area contributed by atoms with Crippen molar-refractivity contribution in [1.29, 1.82) is 0 Å². The third-order valence-electron chi connectivity index (χ3n) is 10.8. The van der Waals surface area contributed by atoms with E-state index in [9.17, 15) is 9.59 Å². The second kappa shape index (κ2) is 33.9. The minimum Gasteiger partial charge on any atom is -0.444 e. The zero-order valence-corrected chi connectivity index (χ0v) is 37.9. The fourth-order valence-corrected chi connectivity index (χ4v) is 7.32. The van der Waals surface area contributed by atoms with E-state index in [0.717, 1.165) is 36.0 Å². The molecule has 0 heterocycles. The van der Waals surface area contributed by atoms with Crippen molar-refractivity contribution in [1.82, 2.24) is 10.6 Å². The lowest BCUT2D eigenvalue weighted by atomic mass is 10.0. The molecule has 0 aliphatic heterocycles. The summed E-state index contributed by atoms with van der Waals surface area (Å²) in [6.45, 7) is 12.1. The fraction of sp³-hybridized carbons (Fsp3) is 0.725. The van der Waals surface area contributed by atoms with Gasteiger partial charge in [-0.25, -0.2) is 4.79 Å². The molecule has 0 radical (unpaired) electrons. The number of carbonyl (C=O) groups excluding carboxylic acids is 2. The Morgan fingerprint density at radius 1 is 0.569 bits per heavy atom. The summed E-state index contributed by atoms with van der Waals surface area (Å²) in [5, 5.41) is 5.93. The van der Waals surface area contributed by atoms with Crippen LogP contribution in [-0.4, -0.2) is 56.1 Å². The molecule has 58 heavy (non-hydrogen) atoms. The maximum Gasteiger partial charge on any atom is 0.408 e. The van der Waals surface area contributed by atoms with Gasteiger partial charge in [0.05, 0.1) is 12.7 Å². The maximum absolute atomic E-state index is 13.8. The summed E-state index contributed by atoms with van der Waals surface area (Å²) in [5.74, 6) is -0.266. The topological polar surface area (TPSA) is 85.9 Å². The molecule has 0 saturated carbocycles. The number of alkyl carbamates (subject to hydrolysis) is 1. The summed E-state index contributed by atoms with van der Waals surface area (Å²) in [6, 6.07) is 17.5. The maximum atomic E-state index is 13.8. The Balaban J connectivity index is 1.86. The normalized spacial score (nSPS) is 12.6. The van der Waals surface area contributed by atoms with Crippen LogP contribution in [0.2, 0.25) is 0 Å². The van der Waals surface area contributed by atoms with Gasteiger partial charge in [0.25, 0.3) is 0 Å². The van der Waals surface area contributed by atoms with E-state index in [1.54, 1.807) is 0 Å². The van der Waals surface area contributed by atoms with E-state index in [4.69, 9.17) is 14.2 Å². The summed E-state index contributed by atoms with van der Waals surface area (Å²) in [5.41, 5.74) is 2.49. The summed E-state index contributed by atoms with van der Waals surface area (Å²) in [6.07, 6.45) is 30.8. The Hall–Kier alpha value is -2.90. The average Bonchev–Trinajstić information content (AvgIpc) is 3.21. The van der Waals surface area contributed by atoms with Crippen LogP contribution in [0.4, 0.5) is 4.79 Å². The number of benzene rings is 2. The Labute approximate surface area is 355 Å². The van der Waals surface area contributed by atoms with Crippen LogP contribution in [0.3, 0.4) is 0 Å². The van der Waals surface area contributed by atoms with Crippen molar-refractivity contribution in [2.45, 2.75) is 213 Å². The van der Waals surface area contributed by atoms with Crippen molar-refractivity contribution in [2.24, 2.45) is 0 Å². The second-order valence-electron chi connectivity index (χ2n) is 17.6. The molecule has 2 amide bonds. The molecular formula is C51H86N2O5. The molecule has 0 bridgehead atoms. The van der Waals surface area contributed by atoms with Gasteiger partial charge in [-0.3, -0.25) is 4.79 Å². The molecular weight excluding hydrogens is 721 g/mol. The quantitative estimate of drug-likeness (QED) is 0.0670. The van der Waals surface area contributed by atoms with Crippen molar-refractivity contribution in [3.8, 4) is 11.1 Å². The third-order valence-corrected chi connectivity index (χ3v) is 10.8. The van der Waals surface area contributed by atoms with Crippen molar-refractivity contribution >= 4 is 12.0 Å². The van der Waals surface area contributed by atoms with Crippen molar-refractivity contribution in [3.05, 3.63) is 60.2 Å². The van der Waals surface area contributed by atoms with E-state index >= 15 is 0 Å². The zero-order chi connectivity index (χ0) is 41.9. The first-order chi connectivity index (χ1) is 28.2. The monoisotopic (exact) mass is 807 g/mol. The highest BCUT2D eigenvalue weighted by Crippen LogP contribution is 2.20. The van der Waals surface area contributed by atoms with E-state index in [2.05, 4.69) is 48.7 Å². The van der Waals surface area contributed by atoms with Crippen LogP contribution in [0.25, 0.3) is 11.1 Å². The van der Waals surface area contributed by atoms with Crippen molar-refractivity contribution < 1.29 is 23.8 Å². The molecule has 2 rings (SSSR count). The van der Waals surface area contributed by atoms with Gasteiger partial charge in [0.15, 0.2) is 0 Å². The minimum atomic E-state index is -0.809. The molecule has 0 aliphatic carbocycles. The Kier molecular flexibility index (Phi) is 29.9. The Morgan fingerprint density at radius 2 is 1.02 bits per heavy atom. The summed E-state index contributed by atoms with van der Waals surface area (Å²) in [7, 11) is 0. The molecule has 1 unspecified atom stereocenters. The smallest absolute Gasteiger partial charge is 0.408 e. The van der Waals surface area contributed by atoms with E-state index in [0.29, 0.717) is 32.8 Å². The van der Waals surface area contributed by atoms with E-state index in [1.165, 1.54) is 135 Å². The second-order valence-corrected chi connectivity index (χ2v) is 17.6. The number of amides is 2. The van der Waals surface area contributed by atoms with Gasteiger partial charge in [0.1, 0.15) is 11.6 Å². The highest BCUT2D eigenvalue weighted by Gasteiger charge is 2.25. The third kappa shape index (κ3) is 27.7. The fourth-order valence-electron chi connectivity index (χ4n) is 7.32. The average molecular weight is 807 g/mol. The van der Waals surface area contributed by atoms with Gasteiger partial charge in [-0.15, -0.1) is 0 Å². The zero-order valence-electron chi connectivity index (χ0n) is 37.9. The first-order valence-corrected chi connectivity index (χ1v) is 23.8. The Bertz CT molecular complexity index is 1260. The van der Waals surface area contributed by atoms with Crippen LogP contribution in [0.15, 0.2) is 54.6 Å². The number of hydrogen-bond donors (Lipinski definition) is 2.